The maximum Gasteiger partial charge on any atom is 0.271 e. The van der Waals surface area contributed by atoms with Gasteiger partial charge in [0, 0.05) is 32.4 Å². The summed E-state index contributed by atoms with van der Waals surface area (Å²) >= 11 is 6.23. The van der Waals surface area contributed by atoms with Crippen molar-refractivity contribution in [3.8, 4) is 0 Å². The molecule has 11 heteroatoms. The van der Waals surface area contributed by atoms with Gasteiger partial charge >= 0.3 is 0 Å². The van der Waals surface area contributed by atoms with Gasteiger partial charge in [0.25, 0.3) is 5.91 Å². The molecule has 0 aromatic carbocycles. The minimum absolute atomic E-state index is 0.258. The third-order valence-electron chi connectivity index (χ3n) is 4.84. The van der Waals surface area contributed by atoms with Gasteiger partial charge in [-0.2, -0.15) is 15.3 Å². The molecule has 160 valence electrons. The van der Waals surface area contributed by atoms with E-state index in [-0.39, 0.29) is 17.5 Å². The first-order valence-corrected chi connectivity index (χ1v) is 9.90. The smallest absolute Gasteiger partial charge is 0.271 e. The third-order valence-corrected chi connectivity index (χ3v) is 5.39. The average molecular weight is 433 g/mol. The third kappa shape index (κ3) is 4.23. The number of aryl methyl sites for hydroxylation is 3. The van der Waals surface area contributed by atoms with Crippen LogP contribution >= 0.6 is 11.6 Å². The predicted molar refractivity (Wildman–Crippen MR) is 112 cm³/mol. The molecule has 1 unspecified atom stereocenters. The Hall–Kier alpha value is -3.14. The highest BCUT2D eigenvalue weighted by molar-refractivity contribution is 6.31. The number of halogens is 1. The maximum atomic E-state index is 13.0. The molecule has 0 aliphatic carbocycles. The van der Waals surface area contributed by atoms with Gasteiger partial charge in [-0.25, -0.2) is 0 Å². The van der Waals surface area contributed by atoms with E-state index in [1.54, 1.807) is 36.6 Å². The number of hydrogen-bond donors (Lipinski definition) is 2. The maximum absolute atomic E-state index is 13.0. The first kappa shape index (κ1) is 21.6. The molecular weight excluding hydrogens is 408 g/mol. The second-order valence-corrected chi connectivity index (χ2v) is 7.46. The standard InChI is InChI=1S/C19H25ClN8O2/c1-6-15(28-12(3)16(20)11(2)25-28)18(29)24-14-9-23-27(5)17(14)19(30)21-7-13-8-22-26(4)10-13/h8-10,15H,6-7H2,1-5H3,(H,21,30)(H,24,29). The molecule has 0 radical (unpaired) electrons. The van der Waals surface area contributed by atoms with E-state index in [9.17, 15) is 9.59 Å². The van der Waals surface area contributed by atoms with E-state index in [4.69, 9.17) is 11.6 Å². The zero-order valence-corrected chi connectivity index (χ0v) is 18.4. The molecule has 0 spiro atoms. The van der Waals surface area contributed by atoms with Gasteiger partial charge in [0.1, 0.15) is 11.7 Å². The van der Waals surface area contributed by atoms with Crippen LogP contribution in [0.5, 0.6) is 0 Å². The lowest BCUT2D eigenvalue weighted by atomic mass is 10.2. The Morgan fingerprint density at radius 1 is 1.20 bits per heavy atom. The van der Waals surface area contributed by atoms with Crippen LogP contribution in [-0.2, 0) is 25.4 Å². The van der Waals surface area contributed by atoms with E-state index in [1.165, 1.54) is 10.9 Å². The van der Waals surface area contributed by atoms with Crippen molar-refractivity contribution in [3.63, 3.8) is 0 Å². The van der Waals surface area contributed by atoms with Crippen LogP contribution in [0.1, 0.15) is 46.8 Å². The number of nitrogens with zero attached hydrogens (tertiary/aromatic N) is 6. The Kier molecular flexibility index (Phi) is 6.25. The van der Waals surface area contributed by atoms with Crippen molar-refractivity contribution in [2.45, 2.75) is 39.8 Å². The Morgan fingerprint density at radius 3 is 2.50 bits per heavy atom. The Balaban J connectivity index is 1.77. The zero-order valence-electron chi connectivity index (χ0n) is 17.6. The highest BCUT2D eigenvalue weighted by Gasteiger charge is 2.26. The SMILES string of the molecule is CCC(C(=O)Nc1cnn(C)c1C(=O)NCc1cnn(C)c1)n1nc(C)c(Cl)c1C. The van der Waals surface area contributed by atoms with Crippen molar-refractivity contribution in [2.24, 2.45) is 14.1 Å². The minimum atomic E-state index is -0.567. The summed E-state index contributed by atoms with van der Waals surface area (Å²) in [6.07, 6.45) is 5.46. The van der Waals surface area contributed by atoms with Crippen molar-refractivity contribution >= 4 is 29.1 Å². The number of amides is 2. The summed E-state index contributed by atoms with van der Waals surface area (Å²) in [6.45, 7) is 5.81. The predicted octanol–water partition coefficient (Wildman–Crippen LogP) is 2.14. The molecule has 30 heavy (non-hydrogen) atoms. The van der Waals surface area contributed by atoms with E-state index >= 15 is 0 Å². The summed E-state index contributed by atoms with van der Waals surface area (Å²) in [4.78, 5) is 25.7. The number of carbonyl (C=O) groups excluding carboxylic acids is 2. The number of rotatable bonds is 7. The molecule has 0 aliphatic rings. The molecule has 0 saturated carbocycles. The fourth-order valence-electron chi connectivity index (χ4n) is 3.26. The van der Waals surface area contributed by atoms with Gasteiger partial charge in [0.05, 0.1) is 34.5 Å². The Bertz CT molecular complexity index is 1080. The van der Waals surface area contributed by atoms with E-state index in [1.807, 2.05) is 20.0 Å². The molecule has 0 saturated heterocycles. The highest BCUT2D eigenvalue weighted by Crippen LogP contribution is 2.25. The summed E-state index contributed by atoms with van der Waals surface area (Å²) in [5.41, 5.74) is 2.84. The van der Waals surface area contributed by atoms with Crippen molar-refractivity contribution in [1.29, 1.82) is 0 Å². The number of aromatic nitrogens is 6. The number of nitrogens with one attached hydrogen (secondary N) is 2. The van der Waals surface area contributed by atoms with Crippen LogP contribution in [0.15, 0.2) is 18.6 Å². The van der Waals surface area contributed by atoms with Crippen molar-refractivity contribution in [3.05, 3.63) is 46.3 Å². The molecule has 0 fully saturated rings. The number of carbonyl (C=O) groups is 2. The molecule has 1 atom stereocenters. The summed E-state index contributed by atoms with van der Waals surface area (Å²) in [7, 11) is 3.45. The topological polar surface area (TPSA) is 112 Å². The molecule has 2 amide bonds. The first-order valence-electron chi connectivity index (χ1n) is 9.52. The van der Waals surface area contributed by atoms with Crippen LogP contribution < -0.4 is 10.6 Å². The van der Waals surface area contributed by atoms with Crippen LogP contribution in [0, 0.1) is 13.8 Å². The number of hydrogen-bond acceptors (Lipinski definition) is 5. The summed E-state index contributed by atoms with van der Waals surface area (Å²) < 4.78 is 4.70. The van der Waals surface area contributed by atoms with E-state index in [0.717, 1.165) is 11.3 Å². The quantitative estimate of drug-likeness (QED) is 0.594. The van der Waals surface area contributed by atoms with Gasteiger partial charge in [-0.15, -0.1) is 0 Å². The van der Waals surface area contributed by atoms with Gasteiger partial charge in [0.15, 0.2) is 0 Å². The van der Waals surface area contributed by atoms with E-state index in [2.05, 4.69) is 25.9 Å². The second-order valence-electron chi connectivity index (χ2n) is 7.08. The lowest BCUT2D eigenvalue weighted by molar-refractivity contribution is -0.119. The molecule has 3 aromatic heterocycles. The summed E-state index contributed by atoms with van der Waals surface area (Å²) in [6, 6.07) is -0.567. The Morgan fingerprint density at radius 2 is 1.93 bits per heavy atom. The summed E-state index contributed by atoms with van der Waals surface area (Å²) in [5, 5.41) is 18.8. The molecule has 3 rings (SSSR count). The highest BCUT2D eigenvalue weighted by atomic mass is 35.5. The first-order chi connectivity index (χ1) is 14.2. The molecule has 3 aromatic rings. The molecule has 0 aliphatic heterocycles. The lowest BCUT2D eigenvalue weighted by Gasteiger charge is -2.17. The lowest BCUT2D eigenvalue weighted by Crippen LogP contribution is -2.30. The van der Waals surface area contributed by atoms with Gasteiger partial charge in [-0.1, -0.05) is 18.5 Å². The minimum Gasteiger partial charge on any atom is -0.346 e. The van der Waals surface area contributed by atoms with Crippen LogP contribution in [0.4, 0.5) is 5.69 Å². The largest absolute Gasteiger partial charge is 0.346 e. The number of anilines is 1. The zero-order chi connectivity index (χ0) is 22.0. The fraction of sp³-hybridized carbons (Fsp3) is 0.421. The normalized spacial score (nSPS) is 12.1. The van der Waals surface area contributed by atoms with Crippen LogP contribution in [0.2, 0.25) is 5.02 Å². The van der Waals surface area contributed by atoms with Crippen molar-refractivity contribution in [2.75, 3.05) is 5.32 Å². The van der Waals surface area contributed by atoms with Crippen LogP contribution in [-0.4, -0.2) is 41.2 Å². The average Bonchev–Trinajstić information content (AvgIpc) is 3.35. The van der Waals surface area contributed by atoms with Gasteiger partial charge in [-0.05, 0) is 20.3 Å². The molecular formula is C19H25ClN8O2. The van der Waals surface area contributed by atoms with Crippen LogP contribution in [0.3, 0.4) is 0 Å². The fourth-order valence-corrected chi connectivity index (χ4v) is 3.38. The van der Waals surface area contributed by atoms with E-state index < -0.39 is 6.04 Å². The van der Waals surface area contributed by atoms with Crippen molar-refractivity contribution < 1.29 is 9.59 Å². The molecule has 0 bridgehead atoms. The second kappa shape index (κ2) is 8.70. The van der Waals surface area contributed by atoms with Crippen LogP contribution in [0.25, 0.3) is 0 Å². The molecule has 2 N–H and O–H groups in total. The van der Waals surface area contributed by atoms with Gasteiger partial charge in [-0.3, -0.25) is 23.6 Å². The van der Waals surface area contributed by atoms with E-state index in [0.29, 0.717) is 29.4 Å². The van der Waals surface area contributed by atoms with Crippen molar-refractivity contribution in [1.82, 2.24) is 34.7 Å². The monoisotopic (exact) mass is 432 g/mol. The molecule has 10 nitrogen and oxygen atoms in total. The Labute approximate surface area is 179 Å². The molecule has 3 heterocycles. The van der Waals surface area contributed by atoms with Gasteiger partial charge < -0.3 is 10.6 Å². The van der Waals surface area contributed by atoms with Gasteiger partial charge in [0.2, 0.25) is 5.91 Å². The summed E-state index contributed by atoms with van der Waals surface area (Å²) in [5.74, 6) is -0.648.